The van der Waals surface area contributed by atoms with E-state index >= 15 is 0 Å². The van der Waals surface area contributed by atoms with Crippen molar-refractivity contribution >= 4 is 23.5 Å². The summed E-state index contributed by atoms with van der Waals surface area (Å²) in [6.45, 7) is 0. The highest BCUT2D eigenvalue weighted by molar-refractivity contribution is 7.98. The summed E-state index contributed by atoms with van der Waals surface area (Å²) in [6, 6.07) is 13.9. The van der Waals surface area contributed by atoms with Crippen LogP contribution in [0.4, 0.5) is 5.95 Å². The monoisotopic (exact) mass is 389 g/mol. The molecule has 0 amide bonds. The Morgan fingerprint density at radius 2 is 1.93 bits per heavy atom. The number of benzene rings is 1. The number of thioether (sulfide) groups is 1. The van der Waals surface area contributed by atoms with Crippen molar-refractivity contribution in [3.63, 3.8) is 0 Å². The molecule has 0 radical (unpaired) electrons. The molecular formula is C21H19N5OS. The number of anilines is 1. The summed E-state index contributed by atoms with van der Waals surface area (Å²) in [5, 5.41) is 8.82. The molecule has 6 nitrogen and oxygen atoms in total. The molecule has 5 rings (SSSR count). The third kappa shape index (κ3) is 3.11. The third-order valence-corrected chi connectivity index (χ3v) is 5.99. The number of fused-ring (bicyclic) bond motifs is 1. The summed E-state index contributed by atoms with van der Waals surface area (Å²) >= 11 is 1.60. The van der Waals surface area contributed by atoms with Gasteiger partial charge in [-0.2, -0.15) is 4.98 Å². The van der Waals surface area contributed by atoms with Gasteiger partial charge in [-0.25, -0.2) is 4.68 Å². The van der Waals surface area contributed by atoms with Crippen molar-refractivity contribution in [3.8, 4) is 0 Å². The maximum atomic E-state index is 12.8. The molecule has 140 valence electrons. The van der Waals surface area contributed by atoms with Crippen molar-refractivity contribution in [1.82, 2.24) is 19.7 Å². The van der Waals surface area contributed by atoms with Gasteiger partial charge in [0, 0.05) is 35.8 Å². The van der Waals surface area contributed by atoms with Gasteiger partial charge in [-0.1, -0.05) is 42.1 Å². The summed E-state index contributed by atoms with van der Waals surface area (Å²) in [6.07, 6.45) is 5.83. The topological polar surface area (TPSA) is 72.7 Å². The van der Waals surface area contributed by atoms with Gasteiger partial charge in [0.2, 0.25) is 11.1 Å². The molecule has 1 aliphatic heterocycles. The molecule has 2 aliphatic rings. The number of hydrogen-bond donors (Lipinski definition) is 1. The standard InChI is InChI=1S/C21H19N5OS/c27-17-8-4-7-16-18(17)19(15-9-11-22-12-10-15)26-20(23-16)24-21(25-26)28-13-14-5-2-1-3-6-14/h1-3,5-6,9-12,19H,4,7-8,13H2,(H,23,24,25)/t19-/m0/s1. The highest BCUT2D eigenvalue weighted by atomic mass is 32.2. The second kappa shape index (κ2) is 7.24. The van der Waals surface area contributed by atoms with E-state index in [9.17, 15) is 4.79 Å². The van der Waals surface area contributed by atoms with Crippen LogP contribution in [-0.4, -0.2) is 25.5 Å². The third-order valence-electron chi connectivity index (χ3n) is 5.08. The fourth-order valence-electron chi connectivity index (χ4n) is 3.77. The smallest absolute Gasteiger partial charge is 0.227 e. The maximum absolute atomic E-state index is 12.8. The van der Waals surface area contributed by atoms with Crippen LogP contribution < -0.4 is 5.32 Å². The van der Waals surface area contributed by atoms with Crippen molar-refractivity contribution in [2.45, 2.75) is 36.2 Å². The average molecular weight is 389 g/mol. The van der Waals surface area contributed by atoms with E-state index in [1.165, 1.54) is 5.56 Å². The Labute approximate surface area is 167 Å². The molecule has 1 N–H and O–H groups in total. The van der Waals surface area contributed by atoms with Gasteiger partial charge in [-0.15, -0.1) is 5.10 Å². The van der Waals surface area contributed by atoms with Crippen LogP contribution in [0, 0.1) is 0 Å². The molecule has 0 bridgehead atoms. The first-order valence-corrected chi connectivity index (χ1v) is 10.3. The summed E-state index contributed by atoms with van der Waals surface area (Å²) in [5.74, 6) is 1.69. The van der Waals surface area contributed by atoms with Gasteiger partial charge in [0.15, 0.2) is 5.78 Å². The second-order valence-corrected chi connectivity index (χ2v) is 7.86. The molecule has 0 saturated carbocycles. The number of rotatable bonds is 4. The first-order chi connectivity index (χ1) is 13.8. The number of carbonyl (C=O) groups is 1. The van der Waals surface area contributed by atoms with Gasteiger partial charge in [0.05, 0.1) is 0 Å². The number of aromatic nitrogens is 4. The van der Waals surface area contributed by atoms with Crippen LogP contribution >= 0.6 is 11.8 Å². The van der Waals surface area contributed by atoms with E-state index in [1.54, 1.807) is 24.2 Å². The molecule has 3 aromatic rings. The van der Waals surface area contributed by atoms with Crippen LogP contribution in [0.3, 0.4) is 0 Å². The summed E-state index contributed by atoms with van der Waals surface area (Å²) in [7, 11) is 0. The normalized spacial score (nSPS) is 18.4. The molecule has 2 aromatic heterocycles. The van der Waals surface area contributed by atoms with E-state index < -0.39 is 0 Å². The lowest BCUT2D eigenvalue weighted by molar-refractivity contribution is -0.116. The van der Waals surface area contributed by atoms with Gasteiger partial charge < -0.3 is 5.32 Å². The number of pyridine rings is 1. The average Bonchev–Trinajstić information content (AvgIpc) is 3.15. The minimum atomic E-state index is -0.249. The van der Waals surface area contributed by atoms with Crippen LogP contribution in [0.5, 0.6) is 0 Å². The fourth-order valence-corrected chi connectivity index (χ4v) is 4.56. The zero-order valence-corrected chi connectivity index (χ0v) is 16.0. The van der Waals surface area contributed by atoms with Crippen LogP contribution in [0.2, 0.25) is 0 Å². The summed E-state index contributed by atoms with van der Waals surface area (Å²) in [5.41, 5.74) is 4.03. The van der Waals surface area contributed by atoms with Gasteiger partial charge in [-0.3, -0.25) is 9.78 Å². The lowest BCUT2D eigenvalue weighted by Gasteiger charge is -2.32. The molecule has 1 aliphatic carbocycles. The van der Waals surface area contributed by atoms with Crippen LogP contribution in [0.25, 0.3) is 0 Å². The van der Waals surface area contributed by atoms with Crippen molar-refractivity contribution in [2.75, 3.05) is 5.32 Å². The summed E-state index contributed by atoms with van der Waals surface area (Å²) in [4.78, 5) is 21.6. The van der Waals surface area contributed by atoms with Crippen molar-refractivity contribution < 1.29 is 4.79 Å². The first kappa shape index (κ1) is 17.2. The van der Waals surface area contributed by atoms with E-state index in [0.717, 1.165) is 35.4 Å². The van der Waals surface area contributed by atoms with Crippen molar-refractivity contribution in [3.05, 3.63) is 77.3 Å². The Balaban J connectivity index is 1.51. The molecule has 3 heterocycles. The van der Waals surface area contributed by atoms with Crippen LogP contribution in [0.1, 0.15) is 36.4 Å². The zero-order chi connectivity index (χ0) is 18.9. The highest BCUT2D eigenvalue weighted by Gasteiger charge is 2.36. The van der Waals surface area contributed by atoms with Gasteiger partial charge >= 0.3 is 0 Å². The van der Waals surface area contributed by atoms with Crippen molar-refractivity contribution in [2.24, 2.45) is 0 Å². The Bertz CT molecular complexity index is 1050. The molecule has 1 atom stereocenters. The summed E-state index contributed by atoms with van der Waals surface area (Å²) < 4.78 is 1.85. The molecule has 1 aromatic carbocycles. The lowest BCUT2D eigenvalue weighted by Crippen LogP contribution is -2.31. The van der Waals surface area contributed by atoms with Crippen LogP contribution in [-0.2, 0) is 10.5 Å². The predicted octanol–water partition coefficient (Wildman–Crippen LogP) is 3.99. The molecular weight excluding hydrogens is 370 g/mol. The number of Topliss-reactive ketones (excluding diaryl/α,β-unsaturated/α-hetero) is 1. The van der Waals surface area contributed by atoms with E-state index in [-0.39, 0.29) is 11.8 Å². The van der Waals surface area contributed by atoms with Gasteiger partial charge in [-0.05, 0) is 36.1 Å². The molecule has 0 unspecified atom stereocenters. The lowest BCUT2D eigenvalue weighted by atomic mass is 9.86. The number of nitrogens with zero attached hydrogens (tertiary/aromatic N) is 4. The second-order valence-electron chi connectivity index (χ2n) is 6.91. The first-order valence-electron chi connectivity index (χ1n) is 9.36. The van der Waals surface area contributed by atoms with Crippen molar-refractivity contribution in [1.29, 1.82) is 0 Å². The number of hydrogen-bond acceptors (Lipinski definition) is 6. The number of allylic oxidation sites excluding steroid dienone is 2. The van der Waals surface area contributed by atoms with Gasteiger partial charge in [0.25, 0.3) is 0 Å². The Hall–Kier alpha value is -2.93. The molecule has 0 spiro atoms. The Kier molecular flexibility index (Phi) is 4.44. The van der Waals surface area contributed by atoms with E-state index in [2.05, 4.69) is 22.4 Å². The van der Waals surface area contributed by atoms with Crippen LogP contribution in [0.15, 0.2) is 71.3 Å². The Morgan fingerprint density at radius 3 is 2.75 bits per heavy atom. The van der Waals surface area contributed by atoms with E-state index in [1.807, 2.05) is 35.0 Å². The minimum Gasteiger partial charge on any atom is -0.328 e. The van der Waals surface area contributed by atoms with E-state index in [0.29, 0.717) is 17.5 Å². The predicted molar refractivity (Wildman–Crippen MR) is 108 cm³/mol. The Morgan fingerprint density at radius 1 is 1.11 bits per heavy atom. The number of carbonyl (C=O) groups excluding carboxylic acids is 1. The van der Waals surface area contributed by atoms with Gasteiger partial charge in [0.1, 0.15) is 6.04 Å². The SMILES string of the molecule is O=C1CCCC2=C1[C@H](c1ccncc1)n1nc(SCc3ccccc3)nc1N2. The molecule has 0 fully saturated rings. The number of nitrogens with one attached hydrogen (secondary N) is 1. The number of ketones is 1. The van der Waals surface area contributed by atoms with E-state index in [4.69, 9.17) is 10.1 Å². The quantitative estimate of drug-likeness (QED) is 0.680. The zero-order valence-electron chi connectivity index (χ0n) is 15.2. The minimum absolute atomic E-state index is 0.190. The molecule has 7 heteroatoms. The molecule has 0 saturated heterocycles. The largest absolute Gasteiger partial charge is 0.328 e. The maximum Gasteiger partial charge on any atom is 0.227 e. The fraction of sp³-hybridized carbons (Fsp3) is 0.238. The molecule has 28 heavy (non-hydrogen) atoms. The highest BCUT2D eigenvalue weighted by Crippen LogP contribution is 2.40.